The minimum Gasteiger partial charge on any atom is -0.481 e. The summed E-state index contributed by atoms with van der Waals surface area (Å²) >= 11 is 1.19. The third kappa shape index (κ3) is 6.81. The number of carboxylic acid groups (broad SMARTS) is 1. The van der Waals surface area contributed by atoms with E-state index in [9.17, 15) is 4.79 Å². The molecule has 0 aliphatic carbocycles. The van der Waals surface area contributed by atoms with E-state index in [1.807, 2.05) is 13.8 Å². The molecule has 0 saturated carbocycles. The van der Waals surface area contributed by atoms with Crippen molar-refractivity contribution < 1.29 is 14.4 Å². The lowest BCUT2D eigenvalue weighted by atomic mass is 10.0. The Morgan fingerprint density at radius 1 is 1.17 bits per heavy atom. The van der Waals surface area contributed by atoms with Crippen LogP contribution in [0.15, 0.2) is 11.5 Å². The number of thioether (sulfide) groups is 1. The summed E-state index contributed by atoms with van der Waals surface area (Å²) in [5, 5.41) is 13.4. The van der Waals surface area contributed by atoms with Crippen LogP contribution in [0.2, 0.25) is 0 Å². The van der Waals surface area contributed by atoms with Gasteiger partial charge in [0.2, 0.25) is 0 Å². The molecule has 1 N–H and O–H groups in total. The zero-order valence-electron chi connectivity index (χ0n) is 16.4. The molecule has 1 rings (SSSR count). The summed E-state index contributed by atoms with van der Waals surface area (Å²) in [6.07, 6.45) is 2.37. The van der Waals surface area contributed by atoms with E-state index in [1.165, 1.54) is 48.8 Å². The van der Waals surface area contributed by atoms with Crippen LogP contribution in [0.5, 0.6) is 0 Å². The number of quaternary nitrogens is 1. The molecular formula is C17H35N4O2S+. The fourth-order valence-electron chi connectivity index (χ4n) is 2.36. The van der Waals surface area contributed by atoms with Crippen LogP contribution in [-0.4, -0.2) is 62.3 Å². The molecule has 1 heterocycles. The van der Waals surface area contributed by atoms with Crippen LogP contribution in [0.25, 0.3) is 0 Å². The number of carboxylic acids is 1. The van der Waals surface area contributed by atoms with Gasteiger partial charge in [-0.15, -0.1) is 0 Å². The number of aliphatic carboxylic acids is 1. The normalized spacial score (nSPS) is 11.8. The summed E-state index contributed by atoms with van der Waals surface area (Å²) in [4.78, 5) is 14.5. The summed E-state index contributed by atoms with van der Waals surface area (Å²) in [7, 11) is 0. The van der Waals surface area contributed by atoms with E-state index >= 15 is 0 Å². The highest BCUT2D eigenvalue weighted by Gasteiger charge is 2.22. The van der Waals surface area contributed by atoms with Gasteiger partial charge in [-0.1, -0.05) is 18.7 Å². The second-order valence-electron chi connectivity index (χ2n) is 6.41. The van der Waals surface area contributed by atoms with Crippen LogP contribution in [0.1, 0.15) is 54.9 Å². The Hall–Kier alpha value is -1.08. The summed E-state index contributed by atoms with van der Waals surface area (Å²) in [6, 6.07) is 0. The van der Waals surface area contributed by atoms with Crippen molar-refractivity contribution in [2.45, 2.75) is 65.6 Å². The molecule has 0 amide bonds. The number of aromatic nitrogens is 3. The van der Waals surface area contributed by atoms with Gasteiger partial charge in [0.05, 0.1) is 37.5 Å². The van der Waals surface area contributed by atoms with Crippen molar-refractivity contribution in [1.82, 2.24) is 14.8 Å². The molecule has 0 aliphatic rings. The molecule has 0 radical (unpaired) electrons. The fourth-order valence-corrected chi connectivity index (χ4v) is 3.15. The fraction of sp³-hybridized carbons (Fsp3) is 0.824. The smallest absolute Gasteiger partial charge is 0.313 e. The molecule has 140 valence electrons. The van der Waals surface area contributed by atoms with Crippen LogP contribution in [0.3, 0.4) is 0 Å². The number of hydrogen-bond acceptors (Lipinski definition) is 4. The Morgan fingerprint density at radius 3 is 2.00 bits per heavy atom. The Morgan fingerprint density at radius 2 is 1.67 bits per heavy atom. The standard InChI is InChI=1S/C9H15N3O2S.C8H20N/c1-4-9(2,3)12-8(10-6-11-12)15-5-7(13)14;1-5-9(6-2,7-3)8-4/h6H,4-5H2,1-3H3,(H,13,14);5-8H2,1-4H3/q;+1. The molecule has 24 heavy (non-hydrogen) atoms. The summed E-state index contributed by atoms with van der Waals surface area (Å²) in [6.45, 7) is 20.4. The summed E-state index contributed by atoms with van der Waals surface area (Å²) < 4.78 is 3.06. The van der Waals surface area contributed by atoms with E-state index in [2.05, 4.69) is 44.7 Å². The molecule has 0 aromatic carbocycles. The average Bonchev–Trinajstić information content (AvgIpc) is 3.06. The van der Waals surface area contributed by atoms with E-state index in [4.69, 9.17) is 5.11 Å². The van der Waals surface area contributed by atoms with Crippen molar-refractivity contribution in [2.24, 2.45) is 0 Å². The van der Waals surface area contributed by atoms with Gasteiger partial charge in [-0.3, -0.25) is 4.79 Å². The van der Waals surface area contributed by atoms with Crippen LogP contribution in [-0.2, 0) is 10.3 Å². The van der Waals surface area contributed by atoms with Crippen molar-refractivity contribution in [2.75, 3.05) is 31.9 Å². The number of rotatable bonds is 9. The molecule has 0 aliphatic heterocycles. The van der Waals surface area contributed by atoms with E-state index in [0.29, 0.717) is 5.16 Å². The van der Waals surface area contributed by atoms with Gasteiger partial charge in [-0.2, -0.15) is 5.10 Å². The van der Waals surface area contributed by atoms with Gasteiger partial charge in [-0.05, 0) is 48.0 Å². The maximum atomic E-state index is 10.4. The van der Waals surface area contributed by atoms with Gasteiger partial charge >= 0.3 is 5.97 Å². The highest BCUT2D eigenvalue weighted by molar-refractivity contribution is 7.99. The molecular weight excluding hydrogens is 324 g/mol. The average molecular weight is 360 g/mol. The summed E-state index contributed by atoms with van der Waals surface area (Å²) in [5.74, 6) is -0.831. The van der Waals surface area contributed by atoms with Crippen molar-refractivity contribution in [3.63, 3.8) is 0 Å². The van der Waals surface area contributed by atoms with Gasteiger partial charge < -0.3 is 9.59 Å². The van der Waals surface area contributed by atoms with Crippen LogP contribution in [0.4, 0.5) is 0 Å². The Labute approximate surface area is 151 Å². The molecule has 0 saturated heterocycles. The Balaban J connectivity index is 0.000000506. The van der Waals surface area contributed by atoms with E-state index in [-0.39, 0.29) is 11.3 Å². The molecule has 1 aromatic rings. The largest absolute Gasteiger partial charge is 0.481 e. The zero-order chi connectivity index (χ0) is 18.8. The molecule has 0 bridgehead atoms. The van der Waals surface area contributed by atoms with Gasteiger partial charge in [0.15, 0.2) is 5.16 Å². The molecule has 6 nitrogen and oxygen atoms in total. The van der Waals surface area contributed by atoms with Crippen LogP contribution < -0.4 is 0 Å². The quantitative estimate of drug-likeness (QED) is 0.540. The van der Waals surface area contributed by atoms with Gasteiger partial charge in [0, 0.05) is 0 Å². The lowest BCUT2D eigenvalue weighted by Crippen LogP contribution is -2.47. The number of nitrogens with zero attached hydrogens (tertiary/aromatic N) is 4. The molecule has 0 unspecified atom stereocenters. The maximum Gasteiger partial charge on any atom is 0.313 e. The predicted molar refractivity (Wildman–Crippen MR) is 100 cm³/mol. The first-order chi connectivity index (χ1) is 11.2. The van der Waals surface area contributed by atoms with E-state index in [0.717, 1.165) is 6.42 Å². The molecule has 1 aromatic heterocycles. The third-order valence-electron chi connectivity index (χ3n) is 4.96. The number of carbonyl (C=O) groups is 1. The topological polar surface area (TPSA) is 68.0 Å². The van der Waals surface area contributed by atoms with Gasteiger partial charge in [0.25, 0.3) is 0 Å². The SMILES string of the molecule is CCC(C)(C)n1ncnc1SCC(=O)O.CC[N+](CC)(CC)CC. The third-order valence-corrected chi connectivity index (χ3v) is 5.89. The van der Waals surface area contributed by atoms with Crippen molar-refractivity contribution >= 4 is 17.7 Å². The predicted octanol–water partition coefficient (Wildman–Crippen LogP) is 3.48. The Kier molecular flexibility index (Phi) is 10.2. The van der Waals surface area contributed by atoms with E-state index < -0.39 is 5.97 Å². The minimum absolute atomic E-state index is 0.0124. The second-order valence-corrected chi connectivity index (χ2v) is 7.35. The molecule has 0 spiro atoms. The van der Waals surface area contributed by atoms with Gasteiger partial charge in [-0.25, -0.2) is 9.67 Å². The van der Waals surface area contributed by atoms with Crippen LogP contribution in [0, 0.1) is 0 Å². The molecule has 0 atom stereocenters. The monoisotopic (exact) mass is 359 g/mol. The maximum absolute atomic E-state index is 10.4. The summed E-state index contributed by atoms with van der Waals surface area (Å²) in [5.41, 5.74) is -0.128. The first-order valence-corrected chi connectivity index (χ1v) is 9.80. The Bertz CT molecular complexity index is 467. The lowest BCUT2D eigenvalue weighted by Gasteiger charge is -2.34. The second kappa shape index (κ2) is 10.7. The number of hydrogen-bond donors (Lipinski definition) is 1. The minimum atomic E-state index is -0.844. The van der Waals surface area contributed by atoms with E-state index in [1.54, 1.807) is 4.68 Å². The molecule has 0 fully saturated rings. The van der Waals surface area contributed by atoms with Crippen molar-refractivity contribution in [3.8, 4) is 0 Å². The first-order valence-electron chi connectivity index (χ1n) is 8.82. The highest BCUT2D eigenvalue weighted by Crippen LogP contribution is 2.24. The lowest BCUT2D eigenvalue weighted by molar-refractivity contribution is -0.921. The zero-order valence-corrected chi connectivity index (χ0v) is 17.2. The van der Waals surface area contributed by atoms with Gasteiger partial charge in [0.1, 0.15) is 6.33 Å². The van der Waals surface area contributed by atoms with Crippen LogP contribution >= 0.6 is 11.8 Å². The first kappa shape index (κ1) is 22.9. The van der Waals surface area contributed by atoms with Crippen molar-refractivity contribution in [1.29, 1.82) is 0 Å². The highest BCUT2D eigenvalue weighted by atomic mass is 32.2. The van der Waals surface area contributed by atoms with Crippen molar-refractivity contribution in [3.05, 3.63) is 6.33 Å². The molecule has 7 heteroatoms.